The molecule has 0 bridgehead atoms. The zero-order valence-corrected chi connectivity index (χ0v) is 18.1. The summed E-state index contributed by atoms with van der Waals surface area (Å²) in [5.74, 6) is 0. The quantitative estimate of drug-likeness (QED) is 0.504. The Labute approximate surface area is 188 Å². The first-order chi connectivity index (χ1) is 15.3. The molecule has 3 nitrogen and oxygen atoms in total. The van der Waals surface area contributed by atoms with E-state index in [4.69, 9.17) is 10.5 Å². The van der Waals surface area contributed by atoms with Crippen molar-refractivity contribution in [2.45, 2.75) is 62.0 Å². The molecule has 0 unspecified atom stereocenters. The Kier molecular flexibility index (Phi) is 7.17. The molecule has 1 fully saturated rings. The Balaban J connectivity index is 1.87. The highest BCUT2D eigenvalue weighted by molar-refractivity contribution is 5.35. The number of hydrogen-bond donors (Lipinski definition) is 2. The summed E-state index contributed by atoms with van der Waals surface area (Å²) >= 11 is 0. The Hall–Kier alpha value is -2.10. The summed E-state index contributed by atoms with van der Waals surface area (Å²) < 4.78 is 85.3. The molecular weight excluding hydrogens is 448 g/mol. The maximum atomic E-state index is 13.2. The van der Waals surface area contributed by atoms with Gasteiger partial charge in [-0.1, -0.05) is 30.3 Å². The minimum Gasteiger partial charge on any atom is -0.394 e. The zero-order chi connectivity index (χ0) is 24.5. The molecule has 0 radical (unpaired) electrons. The van der Waals surface area contributed by atoms with Crippen molar-refractivity contribution in [3.8, 4) is 0 Å². The summed E-state index contributed by atoms with van der Waals surface area (Å²) in [7, 11) is 0. The summed E-state index contributed by atoms with van der Waals surface area (Å²) in [6.45, 7) is 1.37. The summed E-state index contributed by atoms with van der Waals surface area (Å²) in [5, 5.41) is 9.60. The molecule has 182 valence electrons. The molecule has 1 aliphatic carbocycles. The van der Waals surface area contributed by atoms with Crippen LogP contribution in [0.2, 0.25) is 0 Å². The molecule has 0 aliphatic heterocycles. The summed E-state index contributed by atoms with van der Waals surface area (Å²) in [5.41, 5.74) is 3.02. The maximum absolute atomic E-state index is 13.2. The van der Waals surface area contributed by atoms with Gasteiger partial charge in [-0.25, -0.2) is 0 Å². The highest BCUT2D eigenvalue weighted by atomic mass is 19.4. The number of aliphatic hydroxyl groups excluding tert-OH is 1. The van der Waals surface area contributed by atoms with E-state index in [0.29, 0.717) is 37.8 Å². The minimum atomic E-state index is -4.92. The van der Waals surface area contributed by atoms with Crippen molar-refractivity contribution in [3.63, 3.8) is 0 Å². The highest BCUT2D eigenvalue weighted by Crippen LogP contribution is 2.44. The Morgan fingerprint density at radius 3 is 1.88 bits per heavy atom. The number of halogens is 6. The second kappa shape index (κ2) is 9.27. The van der Waals surface area contributed by atoms with Crippen molar-refractivity contribution in [1.82, 2.24) is 0 Å². The molecule has 9 heteroatoms. The average molecular weight is 475 g/mol. The van der Waals surface area contributed by atoms with Gasteiger partial charge in [0.1, 0.15) is 0 Å². The van der Waals surface area contributed by atoms with Crippen LogP contribution < -0.4 is 5.73 Å². The number of aliphatic hydroxyl groups is 1. The second-order valence-electron chi connectivity index (χ2n) is 8.96. The van der Waals surface area contributed by atoms with E-state index in [1.54, 1.807) is 0 Å². The van der Waals surface area contributed by atoms with Crippen molar-refractivity contribution >= 4 is 0 Å². The average Bonchev–Trinajstić information content (AvgIpc) is 2.78. The van der Waals surface area contributed by atoms with Gasteiger partial charge in [0.15, 0.2) is 0 Å². The lowest BCUT2D eigenvalue weighted by Gasteiger charge is -2.44. The Morgan fingerprint density at radius 1 is 0.909 bits per heavy atom. The standard InChI is InChI=1S/C24H27F6NO2/c1-16(17-11-19(23(25,26)27)13-20(12-17)24(28,29)30)33-15-21(18-5-3-2-4-6-18)7-9-22(31,14-32)10-8-21/h2-6,11-13,16,32H,7-10,14-15,31H2,1H3/t16-,21-,22-/m1/s1. The van der Waals surface area contributed by atoms with E-state index in [-0.39, 0.29) is 24.8 Å². The normalized spacial score (nSPS) is 25.1. The molecule has 0 heterocycles. The lowest BCUT2D eigenvalue weighted by molar-refractivity contribution is -0.143. The lowest BCUT2D eigenvalue weighted by Crippen LogP contribution is -2.51. The van der Waals surface area contributed by atoms with E-state index in [1.165, 1.54) is 6.92 Å². The van der Waals surface area contributed by atoms with Crippen LogP contribution in [0, 0.1) is 0 Å². The fourth-order valence-electron chi connectivity index (χ4n) is 4.29. The third-order valence-electron chi connectivity index (χ3n) is 6.59. The van der Waals surface area contributed by atoms with Gasteiger partial charge >= 0.3 is 12.4 Å². The van der Waals surface area contributed by atoms with Gasteiger partial charge < -0.3 is 15.6 Å². The monoisotopic (exact) mass is 475 g/mol. The first-order valence-electron chi connectivity index (χ1n) is 10.6. The molecule has 0 aromatic heterocycles. The first-order valence-corrected chi connectivity index (χ1v) is 10.6. The fourth-order valence-corrected chi connectivity index (χ4v) is 4.29. The largest absolute Gasteiger partial charge is 0.416 e. The molecule has 1 aliphatic rings. The predicted molar refractivity (Wildman–Crippen MR) is 111 cm³/mol. The van der Waals surface area contributed by atoms with Gasteiger partial charge in [-0.3, -0.25) is 0 Å². The number of rotatable bonds is 6. The van der Waals surface area contributed by atoms with Crippen LogP contribution in [0.15, 0.2) is 48.5 Å². The van der Waals surface area contributed by atoms with Crippen LogP contribution in [0.25, 0.3) is 0 Å². The van der Waals surface area contributed by atoms with Crippen molar-refractivity contribution in [3.05, 3.63) is 70.8 Å². The van der Waals surface area contributed by atoms with Crippen molar-refractivity contribution in [2.75, 3.05) is 13.2 Å². The van der Waals surface area contributed by atoms with Gasteiger partial charge in [0.2, 0.25) is 0 Å². The van der Waals surface area contributed by atoms with E-state index in [1.807, 2.05) is 30.3 Å². The van der Waals surface area contributed by atoms with Crippen molar-refractivity contribution < 1.29 is 36.2 Å². The van der Waals surface area contributed by atoms with E-state index in [2.05, 4.69) is 0 Å². The minimum absolute atomic E-state index is 0.0945. The van der Waals surface area contributed by atoms with Crippen LogP contribution in [0.1, 0.15) is 61.0 Å². The third kappa shape index (κ3) is 5.88. The van der Waals surface area contributed by atoms with Gasteiger partial charge in [0.05, 0.1) is 30.4 Å². The van der Waals surface area contributed by atoms with Crippen LogP contribution in [-0.2, 0) is 22.5 Å². The maximum Gasteiger partial charge on any atom is 0.416 e. The molecule has 3 N–H and O–H groups in total. The predicted octanol–water partition coefficient (Wildman–Crippen LogP) is 6.00. The van der Waals surface area contributed by atoms with Crippen LogP contribution in [0.3, 0.4) is 0 Å². The summed E-state index contributed by atoms with van der Waals surface area (Å²) in [4.78, 5) is 0. The summed E-state index contributed by atoms with van der Waals surface area (Å²) in [6, 6.07) is 10.9. The molecule has 2 aromatic carbocycles. The SMILES string of the molecule is C[C@@H](OC[C@]1(c2ccccc2)CC[C@@](N)(CO)CC1)c1cc(C(F)(F)F)cc(C(F)(F)F)c1. The number of ether oxygens (including phenoxy) is 1. The number of benzene rings is 2. The van der Waals surface area contributed by atoms with Crippen LogP contribution in [0.4, 0.5) is 26.3 Å². The molecular formula is C24H27F6NO2. The van der Waals surface area contributed by atoms with E-state index in [9.17, 15) is 31.4 Å². The van der Waals surface area contributed by atoms with Crippen molar-refractivity contribution in [2.24, 2.45) is 5.73 Å². The van der Waals surface area contributed by atoms with Gasteiger partial charge in [-0.05, 0) is 61.9 Å². The topological polar surface area (TPSA) is 55.5 Å². The van der Waals surface area contributed by atoms with Gasteiger partial charge in [0, 0.05) is 11.0 Å². The van der Waals surface area contributed by atoms with Crippen LogP contribution in [0.5, 0.6) is 0 Å². The molecule has 1 saturated carbocycles. The Bertz CT molecular complexity index is 902. The van der Waals surface area contributed by atoms with Gasteiger partial charge in [-0.2, -0.15) is 26.3 Å². The third-order valence-corrected chi connectivity index (χ3v) is 6.59. The first kappa shape index (κ1) is 25.5. The fraction of sp³-hybridized carbons (Fsp3) is 0.500. The highest BCUT2D eigenvalue weighted by Gasteiger charge is 2.42. The molecule has 3 rings (SSSR count). The van der Waals surface area contributed by atoms with E-state index in [0.717, 1.165) is 5.56 Å². The van der Waals surface area contributed by atoms with E-state index < -0.39 is 40.5 Å². The zero-order valence-electron chi connectivity index (χ0n) is 18.1. The molecule has 2 aromatic rings. The van der Waals surface area contributed by atoms with Crippen LogP contribution in [-0.4, -0.2) is 23.9 Å². The smallest absolute Gasteiger partial charge is 0.394 e. The number of alkyl halides is 6. The molecule has 0 saturated heterocycles. The lowest BCUT2D eigenvalue weighted by atomic mass is 9.65. The molecule has 0 spiro atoms. The van der Waals surface area contributed by atoms with Gasteiger partial charge in [0.25, 0.3) is 0 Å². The van der Waals surface area contributed by atoms with Crippen molar-refractivity contribution in [1.29, 1.82) is 0 Å². The number of hydrogen-bond acceptors (Lipinski definition) is 3. The molecule has 0 amide bonds. The second-order valence-corrected chi connectivity index (χ2v) is 8.96. The molecule has 33 heavy (non-hydrogen) atoms. The molecule has 1 atom stereocenters. The summed E-state index contributed by atoms with van der Waals surface area (Å²) in [6.07, 6.45) is -8.68. The van der Waals surface area contributed by atoms with Crippen LogP contribution >= 0.6 is 0 Å². The van der Waals surface area contributed by atoms with Gasteiger partial charge in [-0.15, -0.1) is 0 Å². The number of nitrogens with two attached hydrogens (primary N) is 1. The van der Waals surface area contributed by atoms with E-state index >= 15 is 0 Å². The Morgan fingerprint density at radius 2 is 1.42 bits per heavy atom.